The van der Waals surface area contributed by atoms with E-state index in [4.69, 9.17) is 19.2 Å². The first-order chi connectivity index (χ1) is 22.9. The molecule has 9 nitrogen and oxygen atoms in total. The van der Waals surface area contributed by atoms with Gasteiger partial charge in [-0.2, -0.15) is 0 Å². The summed E-state index contributed by atoms with van der Waals surface area (Å²) < 4.78 is 20.7. The molecular formula is C36H28IN3O6S. The first-order valence-corrected chi connectivity index (χ1v) is 16.8. The monoisotopic (exact) mass is 757 g/mol. The Kier molecular flexibility index (Phi) is 8.41. The van der Waals surface area contributed by atoms with Gasteiger partial charge in [-0.1, -0.05) is 53.8 Å². The normalized spacial score (nSPS) is 15.3. The van der Waals surface area contributed by atoms with Gasteiger partial charge in [0, 0.05) is 23.3 Å². The molecule has 0 radical (unpaired) electrons. The molecule has 0 N–H and O–H groups in total. The predicted molar refractivity (Wildman–Crippen MR) is 189 cm³/mol. The number of benzene rings is 4. The lowest BCUT2D eigenvalue weighted by Gasteiger charge is -2.31. The van der Waals surface area contributed by atoms with E-state index in [-0.39, 0.29) is 23.9 Å². The number of halogens is 1. The van der Waals surface area contributed by atoms with E-state index in [2.05, 4.69) is 40.8 Å². The van der Waals surface area contributed by atoms with Crippen molar-refractivity contribution in [3.05, 3.63) is 152 Å². The van der Waals surface area contributed by atoms with Gasteiger partial charge in [0.2, 0.25) is 0 Å². The van der Waals surface area contributed by atoms with Crippen molar-refractivity contribution in [1.82, 2.24) is 4.57 Å². The van der Waals surface area contributed by atoms with Crippen LogP contribution in [0.4, 0.5) is 5.69 Å². The van der Waals surface area contributed by atoms with Gasteiger partial charge in [0.1, 0.15) is 12.4 Å². The number of nitrogens with zero attached hydrogens (tertiary/aromatic N) is 3. The maximum absolute atomic E-state index is 14.3. The lowest BCUT2D eigenvalue weighted by molar-refractivity contribution is -0.384. The number of hydrogen-bond donors (Lipinski definition) is 0. The summed E-state index contributed by atoms with van der Waals surface area (Å²) in [6.45, 7) is 0.207. The Morgan fingerprint density at radius 3 is 2.51 bits per heavy atom. The summed E-state index contributed by atoms with van der Waals surface area (Å²) in [4.78, 5) is 30.6. The zero-order chi connectivity index (χ0) is 32.7. The molecule has 2 heterocycles. The largest absolute Gasteiger partial charge is 0.496 e. The molecule has 11 heteroatoms. The van der Waals surface area contributed by atoms with Crippen molar-refractivity contribution in [3.8, 4) is 17.2 Å². The second-order valence-corrected chi connectivity index (χ2v) is 13.3. The van der Waals surface area contributed by atoms with Crippen LogP contribution in [0.5, 0.6) is 17.2 Å². The van der Waals surface area contributed by atoms with E-state index >= 15 is 0 Å². The lowest BCUT2D eigenvalue weighted by Crippen LogP contribution is -2.39. The number of rotatable bonds is 8. The van der Waals surface area contributed by atoms with E-state index in [0.29, 0.717) is 20.8 Å². The SMILES string of the molecule is COc1ccccc1[C@H]1C2=C(N=c3s/c(=C\c4cc(I)c(OCc5ccc([N+](=O)[O-])cc5)c(OC)c4)c(=O)n31)c1ccccc1CC2. The van der Waals surface area contributed by atoms with Crippen LogP contribution in [-0.4, -0.2) is 23.7 Å². The molecule has 1 atom stereocenters. The number of nitro groups is 1. The number of hydrogen-bond acceptors (Lipinski definition) is 8. The molecule has 4 aromatic carbocycles. The van der Waals surface area contributed by atoms with Crippen LogP contribution in [0.1, 0.15) is 40.3 Å². The van der Waals surface area contributed by atoms with E-state index in [1.807, 2.05) is 53.1 Å². The molecule has 1 aromatic heterocycles. The molecule has 1 aliphatic heterocycles. The maximum atomic E-state index is 14.3. The Bertz CT molecular complexity index is 2260. The van der Waals surface area contributed by atoms with Gasteiger partial charge in [-0.25, -0.2) is 4.99 Å². The molecule has 0 spiro atoms. The van der Waals surface area contributed by atoms with Gasteiger partial charge >= 0.3 is 0 Å². The van der Waals surface area contributed by atoms with Gasteiger partial charge in [0.15, 0.2) is 16.3 Å². The topological polar surface area (TPSA) is 105 Å². The molecule has 236 valence electrons. The fraction of sp³-hybridized carbons (Fsp3) is 0.167. The molecule has 7 rings (SSSR count). The zero-order valence-corrected chi connectivity index (χ0v) is 28.4. The number of aromatic nitrogens is 1. The van der Waals surface area contributed by atoms with Gasteiger partial charge < -0.3 is 14.2 Å². The summed E-state index contributed by atoms with van der Waals surface area (Å²) >= 11 is 3.55. The molecular weight excluding hydrogens is 729 g/mol. The second-order valence-electron chi connectivity index (χ2n) is 11.1. The molecule has 0 fully saturated rings. The van der Waals surface area contributed by atoms with Crippen molar-refractivity contribution < 1.29 is 19.1 Å². The first-order valence-electron chi connectivity index (χ1n) is 14.9. The molecule has 0 unspecified atom stereocenters. The van der Waals surface area contributed by atoms with Crippen molar-refractivity contribution in [2.75, 3.05) is 14.2 Å². The molecule has 0 bridgehead atoms. The number of non-ortho nitro benzene ring substituents is 1. The highest BCUT2D eigenvalue weighted by atomic mass is 127. The standard InChI is InChI=1S/C36H28IN3O6S/c1-44-29-10-6-5-9-26(29)33-27-16-13-23-7-3-4-8-25(23)32(27)38-36-39(33)35(41)31(47-36)19-22-17-28(37)34(30(18-22)45-2)46-20-21-11-14-24(15-12-21)40(42)43/h3-12,14-15,17-19,33H,13,16,20H2,1-2H3/b31-19-/t33-/m0/s1. The van der Waals surface area contributed by atoms with E-state index in [1.165, 1.54) is 29.0 Å². The van der Waals surface area contributed by atoms with Crippen LogP contribution in [0.2, 0.25) is 0 Å². The van der Waals surface area contributed by atoms with Crippen molar-refractivity contribution >= 4 is 51.4 Å². The van der Waals surface area contributed by atoms with Crippen molar-refractivity contribution in [3.63, 3.8) is 0 Å². The Hall–Kier alpha value is -4.75. The molecule has 0 saturated carbocycles. The highest BCUT2D eigenvalue weighted by Crippen LogP contribution is 2.43. The zero-order valence-electron chi connectivity index (χ0n) is 25.4. The van der Waals surface area contributed by atoms with Crippen LogP contribution in [0, 0.1) is 13.7 Å². The average molecular weight is 758 g/mol. The number of aryl methyl sites for hydroxylation is 1. The molecule has 2 aliphatic rings. The number of ether oxygens (including phenoxy) is 3. The van der Waals surface area contributed by atoms with Crippen molar-refractivity contribution in [2.24, 2.45) is 4.99 Å². The smallest absolute Gasteiger partial charge is 0.271 e. The minimum atomic E-state index is -0.432. The Balaban J connectivity index is 1.30. The number of fused-ring (bicyclic) bond motifs is 3. The van der Waals surface area contributed by atoms with E-state index < -0.39 is 4.92 Å². The lowest BCUT2D eigenvalue weighted by atomic mass is 9.83. The highest BCUT2D eigenvalue weighted by Gasteiger charge is 2.34. The van der Waals surface area contributed by atoms with Gasteiger partial charge in [-0.3, -0.25) is 19.5 Å². The third-order valence-electron chi connectivity index (χ3n) is 8.39. The molecule has 0 amide bonds. The van der Waals surface area contributed by atoms with Crippen LogP contribution >= 0.6 is 33.9 Å². The third-order valence-corrected chi connectivity index (χ3v) is 10.2. The predicted octanol–water partition coefficient (Wildman–Crippen LogP) is 6.43. The first kappa shape index (κ1) is 30.9. The number of methoxy groups -OCH3 is 2. The van der Waals surface area contributed by atoms with Gasteiger partial charge in [-0.05, 0) is 94.1 Å². The summed E-state index contributed by atoms with van der Waals surface area (Å²) in [5, 5.41) is 11.0. The summed E-state index contributed by atoms with van der Waals surface area (Å²) in [5.41, 5.74) is 6.79. The number of allylic oxidation sites excluding steroid dienone is 1. The molecule has 5 aromatic rings. The fourth-order valence-corrected chi connectivity index (χ4v) is 7.96. The van der Waals surface area contributed by atoms with Gasteiger partial charge in [0.05, 0.1) is 39.0 Å². The average Bonchev–Trinajstić information content (AvgIpc) is 3.40. The highest BCUT2D eigenvalue weighted by molar-refractivity contribution is 14.1. The van der Waals surface area contributed by atoms with E-state index in [1.54, 1.807) is 26.4 Å². The van der Waals surface area contributed by atoms with Gasteiger partial charge in [0.25, 0.3) is 11.2 Å². The van der Waals surface area contributed by atoms with Crippen LogP contribution < -0.4 is 29.1 Å². The minimum absolute atomic E-state index is 0.0229. The van der Waals surface area contributed by atoms with E-state index in [9.17, 15) is 14.9 Å². The molecule has 0 saturated heterocycles. The third kappa shape index (κ3) is 5.74. The van der Waals surface area contributed by atoms with Crippen LogP contribution in [0.3, 0.4) is 0 Å². The Morgan fingerprint density at radius 1 is 1.00 bits per heavy atom. The molecule has 1 aliphatic carbocycles. The van der Waals surface area contributed by atoms with Crippen molar-refractivity contribution in [1.29, 1.82) is 0 Å². The fourth-order valence-electron chi connectivity index (χ4n) is 6.18. The Morgan fingerprint density at radius 2 is 1.74 bits per heavy atom. The van der Waals surface area contributed by atoms with E-state index in [0.717, 1.165) is 55.7 Å². The van der Waals surface area contributed by atoms with Crippen LogP contribution in [-0.2, 0) is 13.0 Å². The molecule has 47 heavy (non-hydrogen) atoms. The number of para-hydroxylation sites is 1. The number of thiazole rings is 1. The summed E-state index contributed by atoms with van der Waals surface area (Å²) in [7, 11) is 3.22. The quantitative estimate of drug-likeness (QED) is 0.103. The Labute approximate surface area is 287 Å². The maximum Gasteiger partial charge on any atom is 0.271 e. The second kappa shape index (κ2) is 12.8. The number of nitro benzene ring substituents is 1. The van der Waals surface area contributed by atoms with Gasteiger partial charge in [-0.15, -0.1) is 0 Å². The summed E-state index contributed by atoms with van der Waals surface area (Å²) in [6, 6.07) is 25.9. The van der Waals surface area contributed by atoms with Crippen LogP contribution in [0.25, 0.3) is 11.8 Å². The van der Waals surface area contributed by atoms with Crippen LogP contribution in [0.15, 0.2) is 100 Å². The summed E-state index contributed by atoms with van der Waals surface area (Å²) in [6.07, 6.45) is 3.53. The minimum Gasteiger partial charge on any atom is -0.496 e. The summed E-state index contributed by atoms with van der Waals surface area (Å²) in [5.74, 6) is 1.78. The van der Waals surface area contributed by atoms with Crippen molar-refractivity contribution in [2.45, 2.75) is 25.5 Å².